The predicted molar refractivity (Wildman–Crippen MR) is 208 cm³/mol. The second-order valence-corrected chi connectivity index (χ2v) is 14.0. The van der Waals surface area contributed by atoms with Crippen molar-refractivity contribution in [3.63, 3.8) is 0 Å². The van der Waals surface area contributed by atoms with E-state index in [0.29, 0.717) is 0 Å². The van der Waals surface area contributed by atoms with E-state index in [1.807, 2.05) is 23.9 Å². The first-order chi connectivity index (χ1) is 24.7. The number of rotatable bonds is 3. The van der Waals surface area contributed by atoms with E-state index < -0.39 is 0 Å². The van der Waals surface area contributed by atoms with Crippen LogP contribution in [0.5, 0.6) is 0 Å². The molecule has 8 aromatic carbocycles. The molecule has 0 unspecified atom stereocenters. The minimum atomic E-state index is 0.735. The average Bonchev–Trinajstić information content (AvgIpc) is 3.55. The van der Waals surface area contributed by atoms with E-state index in [0.717, 1.165) is 66.4 Å². The fraction of sp³-hybridized carbons (Fsp3) is 0. The lowest BCUT2D eigenvalue weighted by molar-refractivity contribution is 0.669. The third-order valence-corrected chi connectivity index (χ3v) is 11.2. The summed E-state index contributed by atoms with van der Waals surface area (Å²) < 4.78 is 6.24. The second-order valence-electron chi connectivity index (χ2n) is 12.9. The summed E-state index contributed by atoms with van der Waals surface area (Å²) in [7, 11) is 0. The number of aromatic nitrogens is 2. The van der Waals surface area contributed by atoms with Crippen LogP contribution in [0, 0.1) is 0 Å². The topological polar surface area (TPSA) is 38.9 Å². The van der Waals surface area contributed by atoms with Crippen LogP contribution in [0.2, 0.25) is 0 Å². The molecule has 0 spiro atoms. The number of fused-ring (bicyclic) bond motifs is 7. The zero-order chi connectivity index (χ0) is 32.8. The van der Waals surface area contributed by atoms with Crippen LogP contribution < -0.4 is 0 Å². The fourth-order valence-corrected chi connectivity index (χ4v) is 8.78. The van der Waals surface area contributed by atoms with Crippen molar-refractivity contribution in [2.24, 2.45) is 0 Å². The van der Waals surface area contributed by atoms with Crippen molar-refractivity contribution in [1.82, 2.24) is 9.97 Å². The van der Waals surface area contributed by atoms with Gasteiger partial charge in [-0.05, 0) is 93.0 Å². The molecule has 0 fully saturated rings. The van der Waals surface area contributed by atoms with E-state index in [2.05, 4.69) is 146 Å². The van der Waals surface area contributed by atoms with Crippen LogP contribution in [0.4, 0.5) is 0 Å². The summed E-state index contributed by atoms with van der Waals surface area (Å²) in [5.41, 5.74) is 10.6. The van der Waals surface area contributed by atoms with Crippen molar-refractivity contribution in [3.05, 3.63) is 158 Å². The van der Waals surface area contributed by atoms with Crippen molar-refractivity contribution in [3.8, 4) is 44.9 Å². The zero-order valence-corrected chi connectivity index (χ0v) is 27.5. The van der Waals surface area contributed by atoms with E-state index in [-0.39, 0.29) is 0 Å². The molecule has 0 atom stereocenters. The number of nitrogens with zero attached hydrogens (tertiary/aromatic N) is 2. The van der Waals surface area contributed by atoms with Crippen LogP contribution in [0.3, 0.4) is 0 Å². The Hall–Kier alpha value is -6.23. The minimum absolute atomic E-state index is 0.735. The quantitative estimate of drug-likeness (QED) is 0.190. The minimum Gasteiger partial charge on any atom is -0.456 e. The Balaban J connectivity index is 1.07. The third-order valence-electron chi connectivity index (χ3n) is 10.1. The molecule has 0 saturated carbocycles. The summed E-state index contributed by atoms with van der Waals surface area (Å²) in [4.78, 5) is 13.0. The van der Waals surface area contributed by atoms with Crippen LogP contribution in [0.1, 0.15) is 0 Å². The van der Waals surface area contributed by atoms with Crippen LogP contribution in [0.15, 0.2) is 172 Å². The molecule has 0 amide bonds. The summed E-state index contributed by atoms with van der Waals surface area (Å²) >= 11 is 1.83. The molecule has 1 aliphatic heterocycles. The molecule has 10 aromatic rings. The highest BCUT2D eigenvalue weighted by atomic mass is 32.2. The van der Waals surface area contributed by atoms with Gasteiger partial charge in [0, 0.05) is 42.5 Å². The molecule has 0 bridgehead atoms. The van der Waals surface area contributed by atoms with Gasteiger partial charge in [0.25, 0.3) is 0 Å². The predicted octanol–water partition coefficient (Wildman–Crippen LogP) is 13.0. The van der Waals surface area contributed by atoms with E-state index in [4.69, 9.17) is 14.4 Å². The van der Waals surface area contributed by atoms with Crippen molar-refractivity contribution in [2.45, 2.75) is 9.79 Å². The number of benzene rings is 8. The average molecular weight is 655 g/mol. The summed E-state index contributed by atoms with van der Waals surface area (Å²) in [6.07, 6.45) is 0. The number of para-hydroxylation sites is 2. The van der Waals surface area contributed by atoms with Gasteiger partial charge in [-0.25, -0.2) is 9.97 Å². The zero-order valence-electron chi connectivity index (χ0n) is 26.7. The molecule has 11 rings (SSSR count). The largest absolute Gasteiger partial charge is 0.456 e. The van der Waals surface area contributed by atoms with Gasteiger partial charge in [0.2, 0.25) is 0 Å². The second kappa shape index (κ2) is 10.6. The molecular weight excluding hydrogens is 629 g/mol. The molecule has 232 valence electrons. The van der Waals surface area contributed by atoms with Crippen LogP contribution in [-0.2, 0) is 0 Å². The molecule has 50 heavy (non-hydrogen) atoms. The van der Waals surface area contributed by atoms with E-state index in [9.17, 15) is 0 Å². The summed E-state index contributed by atoms with van der Waals surface area (Å²) in [6.45, 7) is 0. The highest BCUT2D eigenvalue weighted by molar-refractivity contribution is 7.99. The molecule has 1 aliphatic rings. The maximum atomic E-state index is 6.24. The first-order valence-corrected chi connectivity index (χ1v) is 17.6. The first-order valence-electron chi connectivity index (χ1n) is 16.8. The molecule has 4 heteroatoms. The molecule has 0 aliphatic carbocycles. The SMILES string of the molecule is c1ccc2cc(-c3nc(-c4ccc5c6c(cccc46)-c4cc(-c6ccc7c(c6)oc6ccccc67)ccc4S5)nc4ccccc34)ccc2c1. The van der Waals surface area contributed by atoms with Gasteiger partial charge in [-0.15, -0.1) is 0 Å². The Labute approximate surface area is 291 Å². The molecule has 2 aromatic heterocycles. The van der Waals surface area contributed by atoms with Gasteiger partial charge in [-0.3, -0.25) is 0 Å². The normalized spacial score (nSPS) is 12.3. The Kier molecular flexibility index (Phi) is 5.89. The molecular formula is C46H26N2OS. The lowest BCUT2D eigenvalue weighted by Gasteiger charge is -2.22. The van der Waals surface area contributed by atoms with E-state index in [1.54, 1.807) is 0 Å². The highest BCUT2D eigenvalue weighted by Gasteiger charge is 2.23. The third kappa shape index (κ3) is 4.19. The maximum absolute atomic E-state index is 6.24. The maximum Gasteiger partial charge on any atom is 0.161 e. The van der Waals surface area contributed by atoms with Gasteiger partial charge in [0.05, 0.1) is 11.2 Å². The molecule has 0 N–H and O–H groups in total. The fourth-order valence-electron chi connectivity index (χ4n) is 7.67. The summed E-state index contributed by atoms with van der Waals surface area (Å²) in [5.74, 6) is 0.735. The molecule has 3 heterocycles. The van der Waals surface area contributed by atoms with Crippen LogP contribution in [-0.4, -0.2) is 9.97 Å². The number of furan rings is 1. The van der Waals surface area contributed by atoms with Gasteiger partial charge < -0.3 is 4.42 Å². The Morgan fingerprint density at radius 1 is 0.420 bits per heavy atom. The Bertz CT molecular complexity index is 3030. The Morgan fingerprint density at radius 3 is 2.12 bits per heavy atom. The van der Waals surface area contributed by atoms with Crippen LogP contribution in [0.25, 0.3) is 99.3 Å². The standard InChI is InChI=1S/C46H26N2OS/c1-2-9-28-24-31(17-16-27(28)8-1)45-37-11-3-5-14-39(37)47-46(48-45)36-21-23-43-44-34(36)12-7-13-35(44)38-25-29(19-22-42(38)50-43)30-18-20-33-32-10-4-6-15-40(32)49-41(33)26-30/h1-26H. The Morgan fingerprint density at radius 2 is 1.16 bits per heavy atom. The van der Waals surface area contributed by atoms with Crippen molar-refractivity contribution in [1.29, 1.82) is 0 Å². The van der Waals surface area contributed by atoms with Gasteiger partial charge >= 0.3 is 0 Å². The van der Waals surface area contributed by atoms with E-state index >= 15 is 0 Å². The molecule has 0 saturated heterocycles. The van der Waals surface area contributed by atoms with Crippen LogP contribution >= 0.6 is 11.8 Å². The lowest BCUT2D eigenvalue weighted by Crippen LogP contribution is -1.98. The summed E-state index contributed by atoms with van der Waals surface area (Å²) in [6, 6.07) is 56.1. The summed E-state index contributed by atoms with van der Waals surface area (Å²) in [5, 5.41) is 8.16. The van der Waals surface area contributed by atoms with E-state index in [1.165, 1.54) is 42.6 Å². The van der Waals surface area contributed by atoms with Gasteiger partial charge in [0.1, 0.15) is 11.2 Å². The van der Waals surface area contributed by atoms with Gasteiger partial charge in [-0.1, -0.05) is 115 Å². The molecule has 3 nitrogen and oxygen atoms in total. The number of hydrogen-bond donors (Lipinski definition) is 0. The number of hydrogen-bond acceptors (Lipinski definition) is 4. The van der Waals surface area contributed by atoms with Gasteiger partial charge in [0.15, 0.2) is 5.82 Å². The van der Waals surface area contributed by atoms with Crippen molar-refractivity contribution >= 4 is 66.1 Å². The molecule has 0 radical (unpaired) electrons. The monoisotopic (exact) mass is 654 g/mol. The highest BCUT2D eigenvalue weighted by Crippen LogP contribution is 2.50. The van der Waals surface area contributed by atoms with Crippen molar-refractivity contribution < 1.29 is 4.42 Å². The van der Waals surface area contributed by atoms with Gasteiger partial charge in [-0.2, -0.15) is 0 Å². The lowest BCUT2D eigenvalue weighted by atomic mass is 9.92. The van der Waals surface area contributed by atoms with Crippen molar-refractivity contribution in [2.75, 3.05) is 0 Å². The first kappa shape index (κ1) is 27.7. The smallest absolute Gasteiger partial charge is 0.161 e.